The van der Waals surface area contributed by atoms with Gasteiger partial charge in [0, 0.05) is 11.4 Å². The fraction of sp³-hybridized carbons (Fsp3) is 0.467. The molecule has 1 aliphatic rings. The normalized spacial score (nSPS) is 15.2. The lowest BCUT2D eigenvalue weighted by Crippen LogP contribution is -2.19. The van der Waals surface area contributed by atoms with E-state index in [0.29, 0.717) is 6.61 Å². The zero-order chi connectivity index (χ0) is 12.4. The minimum absolute atomic E-state index is 0.696. The maximum absolute atomic E-state index is 5.57. The molecule has 0 atom stereocenters. The van der Waals surface area contributed by atoms with Crippen molar-refractivity contribution in [1.82, 2.24) is 5.32 Å². The first-order chi connectivity index (χ1) is 8.86. The summed E-state index contributed by atoms with van der Waals surface area (Å²) in [6.45, 7) is 3.72. The van der Waals surface area contributed by atoms with Gasteiger partial charge in [-0.3, -0.25) is 0 Å². The molecule has 1 aromatic carbocycles. The van der Waals surface area contributed by atoms with Crippen LogP contribution in [0.3, 0.4) is 0 Å². The lowest BCUT2D eigenvalue weighted by Gasteiger charge is -2.04. The third-order valence-corrected chi connectivity index (χ3v) is 3.34. The third-order valence-electron chi connectivity index (χ3n) is 3.34. The minimum atomic E-state index is 0.696. The molecule has 0 saturated heterocycles. The number of furan rings is 1. The molecule has 2 aromatic rings. The number of nitrogens with one attached hydrogen (secondary N) is 1. The van der Waals surface area contributed by atoms with Gasteiger partial charge in [-0.2, -0.15) is 0 Å². The van der Waals surface area contributed by atoms with Crippen molar-refractivity contribution in [3.05, 3.63) is 30.0 Å². The Kier molecular flexibility index (Phi) is 3.24. The number of rotatable bonds is 6. The molecule has 3 rings (SSSR count). The van der Waals surface area contributed by atoms with E-state index in [2.05, 4.69) is 11.4 Å². The highest BCUT2D eigenvalue weighted by Crippen LogP contribution is 2.26. The molecule has 1 saturated carbocycles. The lowest BCUT2D eigenvalue weighted by molar-refractivity contribution is 0.340. The van der Waals surface area contributed by atoms with Gasteiger partial charge in [0.15, 0.2) is 0 Å². The van der Waals surface area contributed by atoms with E-state index in [-0.39, 0.29) is 0 Å². The van der Waals surface area contributed by atoms with Crippen molar-refractivity contribution in [3.63, 3.8) is 0 Å². The van der Waals surface area contributed by atoms with Crippen LogP contribution < -0.4 is 10.1 Å². The second-order valence-electron chi connectivity index (χ2n) is 4.83. The van der Waals surface area contributed by atoms with Gasteiger partial charge in [0.2, 0.25) is 0 Å². The van der Waals surface area contributed by atoms with Gasteiger partial charge in [-0.1, -0.05) is 0 Å². The molecule has 18 heavy (non-hydrogen) atoms. The van der Waals surface area contributed by atoms with Crippen LogP contribution in [0, 0.1) is 0 Å². The van der Waals surface area contributed by atoms with E-state index in [4.69, 9.17) is 9.15 Å². The fourth-order valence-corrected chi connectivity index (χ4v) is 2.21. The first-order valence-corrected chi connectivity index (χ1v) is 6.73. The van der Waals surface area contributed by atoms with E-state index < -0.39 is 0 Å². The fourth-order valence-electron chi connectivity index (χ4n) is 2.21. The van der Waals surface area contributed by atoms with Crippen molar-refractivity contribution in [2.24, 2.45) is 0 Å². The predicted molar refractivity (Wildman–Crippen MR) is 72.1 cm³/mol. The Labute approximate surface area is 107 Å². The van der Waals surface area contributed by atoms with Gasteiger partial charge in [-0.05, 0) is 56.5 Å². The van der Waals surface area contributed by atoms with E-state index in [1.807, 2.05) is 25.3 Å². The number of hydrogen-bond donors (Lipinski definition) is 1. The first kappa shape index (κ1) is 11.6. The SMILES string of the molecule is CCOc1ccc2occ(CCNC3CC3)c2c1. The number of ether oxygens (including phenoxy) is 1. The van der Waals surface area contributed by atoms with Gasteiger partial charge < -0.3 is 14.5 Å². The molecule has 1 heterocycles. The Balaban J connectivity index is 1.74. The summed E-state index contributed by atoms with van der Waals surface area (Å²) in [5.74, 6) is 0.919. The molecule has 96 valence electrons. The maximum Gasteiger partial charge on any atom is 0.134 e. The molecule has 0 unspecified atom stereocenters. The standard InChI is InChI=1S/C15H19NO2/c1-2-17-13-5-6-15-14(9-13)11(10-18-15)7-8-16-12-3-4-12/h5-6,9-10,12,16H,2-4,7-8H2,1H3. The molecule has 0 aliphatic heterocycles. The molecule has 1 aromatic heterocycles. The molecule has 3 heteroatoms. The Hall–Kier alpha value is -1.48. The third kappa shape index (κ3) is 2.51. The lowest BCUT2D eigenvalue weighted by atomic mass is 10.1. The van der Waals surface area contributed by atoms with Crippen LogP contribution in [0.5, 0.6) is 5.75 Å². The summed E-state index contributed by atoms with van der Waals surface area (Å²) in [7, 11) is 0. The Morgan fingerprint density at radius 3 is 3.06 bits per heavy atom. The molecular formula is C15H19NO2. The highest BCUT2D eigenvalue weighted by molar-refractivity contribution is 5.82. The van der Waals surface area contributed by atoms with Crippen LogP contribution in [0.2, 0.25) is 0 Å². The average Bonchev–Trinajstić information content (AvgIpc) is 3.11. The second-order valence-corrected chi connectivity index (χ2v) is 4.83. The van der Waals surface area contributed by atoms with Crippen molar-refractivity contribution in [1.29, 1.82) is 0 Å². The van der Waals surface area contributed by atoms with Crippen LogP contribution in [-0.4, -0.2) is 19.2 Å². The van der Waals surface area contributed by atoms with Gasteiger partial charge in [0.05, 0.1) is 12.9 Å². The van der Waals surface area contributed by atoms with Crippen molar-refractivity contribution in [2.75, 3.05) is 13.2 Å². The van der Waals surface area contributed by atoms with E-state index >= 15 is 0 Å². The molecule has 1 aliphatic carbocycles. The summed E-state index contributed by atoms with van der Waals surface area (Å²) in [6.07, 6.45) is 5.55. The molecule has 1 N–H and O–H groups in total. The summed E-state index contributed by atoms with van der Waals surface area (Å²) in [6, 6.07) is 6.79. The summed E-state index contributed by atoms with van der Waals surface area (Å²) in [5.41, 5.74) is 2.21. The summed E-state index contributed by atoms with van der Waals surface area (Å²) in [4.78, 5) is 0. The Bertz CT molecular complexity index is 528. The first-order valence-electron chi connectivity index (χ1n) is 6.73. The van der Waals surface area contributed by atoms with Crippen LogP contribution >= 0.6 is 0 Å². The van der Waals surface area contributed by atoms with Gasteiger partial charge in [0.1, 0.15) is 11.3 Å². The number of hydrogen-bond acceptors (Lipinski definition) is 3. The summed E-state index contributed by atoms with van der Waals surface area (Å²) in [5, 5.41) is 4.71. The zero-order valence-corrected chi connectivity index (χ0v) is 10.7. The van der Waals surface area contributed by atoms with Crippen molar-refractivity contribution in [2.45, 2.75) is 32.2 Å². The quantitative estimate of drug-likeness (QED) is 0.849. The van der Waals surface area contributed by atoms with Crippen LogP contribution in [-0.2, 0) is 6.42 Å². The number of fused-ring (bicyclic) bond motifs is 1. The van der Waals surface area contributed by atoms with Gasteiger partial charge in [-0.15, -0.1) is 0 Å². The Morgan fingerprint density at radius 1 is 1.39 bits per heavy atom. The predicted octanol–water partition coefficient (Wildman–Crippen LogP) is 3.13. The molecular weight excluding hydrogens is 226 g/mol. The molecule has 3 nitrogen and oxygen atoms in total. The Morgan fingerprint density at radius 2 is 2.28 bits per heavy atom. The van der Waals surface area contributed by atoms with Gasteiger partial charge in [0.25, 0.3) is 0 Å². The van der Waals surface area contributed by atoms with Crippen LogP contribution in [0.15, 0.2) is 28.9 Å². The molecule has 0 radical (unpaired) electrons. The second kappa shape index (κ2) is 5.02. The molecule has 0 amide bonds. The van der Waals surface area contributed by atoms with E-state index in [1.165, 1.54) is 23.8 Å². The zero-order valence-electron chi connectivity index (χ0n) is 10.7. The van der Waals surface area contributed by atoms with Crippen molar-refractivity contribution in [3.8, 4) is 5.75 Å². The van der Waals surface area contributed by atoms with Crippen molar-refractivity contribution >= 4 is 11.0 Å². The smallest absolute Gasteiger partial charge is 0.134 e. The average molecular weight is 245 g/mol. The highest BCUT2D eigenvalue weighted by Gasteiger charge is 2.19. The van der Waals surface area contributed by atoms with E-state index in [1.54, 1.807) is 0 Å². The summed E-state index contributed by atoms with van der Waals surface area (Å²) >= 11 is 0. The maximum atomic E-state index is 5.57. The van der Waals surface area contributed by atoms with Crippen LogP contribution in [0.4, 0.5) is 0 Å². The van der Waals surface area contributed by atoms with Crippen molar-refractivity contribution < 1.29 is 9.15 Å². The molecule has 0 bridgehead atoms. The monoisotopic (exact) mass is 245 g/mol. The molecule has 0 spiro atoms. The van der Waals surface area contributed by atoms with E-state index in [0.717, 1.165) is 30.3 Å². The van der Waals surface area contributed by atoms with E-state index in [9.17, 15) is 0 Å². The van der Waals surface area contributed by atoms with Crippen LogP contribution in [0.25, 0.3) is 11.0 Å². The number of benzene rings is 1. The minimum Gasteiger partial charge on any atom is -0.494 e. The van der Waals surface area contributed by atoms with Gasteiger partial charge in [-0.25, -0.2) is 0 Å². The largest absolute Gasteiger partial charge is 0.494 e. The van der Waals surface area contributed by atoms with Crippen LogP contribution in [0.1, 0.15) is 25.3 Å². The highest BCUT2D eigenvalue weighted by atomic mass is 16.5. The molecule has 1 fully saturated rings. The topological polar surface area (TPSA) is 34.4 Å². The van der Waals surface area contributed by atoms with Gasteiger partial charge >= 0.3 is 0 Å². The summed E-state index contributed by atoms with van der Waals surface area (Å²) < 4.78 is 11.1.